The van der Waals surface area contributed by atoms with Gasteiger partial charge in [0.05, 0.1) is 6.61 Å². The topological polar surface area (TPSA) is 21.3 Å². The quantitative estimate of drug-likeness (QED) is 0.529. The molecule has 0 aliphatic carbocycles. The number of unbranched alkanes of at least 4 members (excludes halogenated alkanes) is 1. The van der Waals surface area contributed by atoms with E-state index in [2.05, 4.69) is 11.9 Å². The summed E-state index contributed by atoms with van der Waals surface area (Å²) in [6.07, 6.45) is 5.41. The van der Waals surface area contributed by atoms with E-state index in [4.69, 9.17) is 4.74 Å². The van der Waals surface area contributed by atoms with Crippen LogP contribution in [0.5, 0.6) is 0 Å². The number of hydrogen-bond donors (Lipinski definition) is 1. The van der Waals surface area contributed by atoms with Gasteiger partial charge in [-0.05, 0) is 31.7 Å². The number of hydrogen-bond acceptors (Lipinski definition) is 2. The van der Waals surface area contributed by atoms with E-state index in [1.807, 2.05) is 6.08 Å². The largest absolute Gasteiger partial charge is 0.381 e. The van der Waals surface area contributed by atoms with Crippen molar-refractivity contribution in [2.75, 3.05) is 26.3 Å². The van der Waals surface area contributed by atoms with E-state index in [9.17, 15) is 0 Å². The summed E-state index contributed by atoms with van der Waals surface area (Å²) in [6.45, 7) is 7.80. The smallest absolute Gasteiger partial charge is 0.0506 e. The molecule has 2 nitrogen and oxygen atoms in total. The maximum Gasteiger partial charge on any atom is 0.0506 e. The minimum Gasteiger partial charge on any atom is -0.381 e. The monoisotopic (exact) mass is 205 g/mol. The molecule has 1 N–H and O–H groups in total. The number of ether oxygens (including phenoxy) is 1. The highest BCUT2D eigenvalue weighted by Gasteiger charge is 2.13. The Labute approximate surface area is 87.1 Å². The molecule has 0 aromatic carbocycles. The highest BCUT2D eigenvalue weighted by Crippen LogP contribution is 2.07. The summed E-state index contributed by atoms with van der Waals surface area (Å²) in [6, 6.07) is 0. The van der Waals surface area contributed by atoms with E-state index in [1.165, 1.54) is 13.0 Å². The van der Waals surface area contributed by atoms with Gasteiger partial charge in [-0.15, -0.1) is 19.0 Å². The van der Waals surface area contributed by atoms with Gasteiger partial charge < -0.3 is 10.1 Å². The molecule has 13 heavy (non-hydrogen) atoms. The Morgan fingerprint density at radius 3 is 3.00 bits per heavy atom. The molecule has 1 fully saturated rings. The van der Waals surface area contributed by atoms with E-state index < -0.39 is 0 Å². The molecule has 3 heteroatoms. The molecule has 0 spiro atoms. The van der Waals surface area contributed by atoms with Gasteiger partial charge in [0, 0.05) is 13.2 Å². The Hall–Kier alpha value is -0.0500. The van der Waals surface area contributed by atoms with Crippen molar-refractivity contribution in [3.8, 4) is 0 Å². The molecule has 0 radical (unpaired) electrons. The summed E-state index contributed by atoms with van der Waals surface area (Å²) in [5.41, 5.74) is 0. The summed E-state index contributed by atoms with van der Waals surface area (Å²) in [4.78, 5) is 0. The van der Waals surface area contributed by atoms with Crippen LogP contribution < -0.4 is 5.32 Å². The highest BCUT2D eigenvalue weighted by atomic mass is 35.5. The summed E-state index contributed by atoms with van der Waals surface area (Å²) < 4.78 is 5.53. The van der Waals surface area contributed by atoms with Crippen molar-refractivity contribution >= 4 is 12.4 Å². The van der Waals surface area contributed by atoms with Crippen LogP contribution >= 0.6 is 12.4 Å². The van der Waals surface area contributed by atoms with Gasteiger partial charge in [-0.1, -0.05) is 6.08 Å². The molecular formula is C10H20ClNO. The lowest BCUT2D eigenvalue weighted by molar-refractivity contribution is 0.104. The van der Waals surface area contributed by atoms with E-state index >= 15 is 0 Å². The Morgan fingerprint density at radius 1 is 1.54 bits per heavy atom. The summed E-state index contributed by atoms with van der Waals surface area (Å²) in [5.74, 6) is 0.758. The summed E-state index contributed by atoms with van der Waals surface area (Å²) >= 11 is 0. The molecule has 0 aromatic rings. The first-order chi connectivity index (χ1) is 5.93. The molecular weight excluding hydrogens is 186 g/mol. The maximum atomic E-state index is 5.53. The molecule has 1 aliphatic heterocycles. The minimum absolute atomic E-state index is 0. The fraction of sp³-hybridized carbons (Fsp3) is 0.800. The van der Waals surface area contributed by atoms with Gasteiger partial charge in [-0.3, -0.25) is 0 Å². The summed E-state index contributed by atoms with van der Waals surface area (Å²) in [5, 5.41) is 3.33. The van der Waals surface area contributed by atoms with Gasteiger partial charge in [0.25, 0.3) is 0 Å². The second kappa shape index (κ2) is 8.54. The van der Waals surface area contributed by atoms with E-state index in [-0.39, 0.29) is 12.4 Å². The van der Waals surface area contributed by atoms with Gasteiger partial charge >= 0.3 is 0 Å². The molecule has 0 aromatic heterocycles. The molecule has 78 valence electrons. The molecule has 0 saturated carbocycles. The molecule has 1 rings (SSSR count). The Morgan fingerprint density at radius 2 is 2.38 bits per heavy atom. The molecule has 0 amide bonds. The average molecular weight is 206 g/mol. The minimum atomic E-state index is 0. The van der Waals surface area contributed by atoms with Crippen LogP contribution in [0.25, 0.3) is 0 Å². The second-order valence-corrected chi connectivity index (χ2v) is 3.36. The van der Waals surface area contributed by atoms with Crippen molar-refractivity contribution < 1.29 is 4.74 Å². The number of nitrogens with one attached hydrogen (secondary N) is 1. The van der Waals surface area contributed by atoms with Gasteiger partial charge in [0.15, 0.2) is 0 Å². The normalized spacial score (nSPS) is 21.1. The van der Waals surface area contributed by atoms with Gasteiger partial charge in [-0.25, -0.2) is 0 Å². The van der Waals surface area contributed by atoms with Gasteiger partial charge in [-0.2, -0.15) is 0 Å². The van der Waals surface area contributed by atoms with Gasteiger partial charge in [0.2, 0.25) is 0 Å². The molecule has 1 aliphatic rings. The Bertz CT molecular complexity index is 124. The first kappa shape index (κ1) is 12.9. The van der Waals surface area contributed by atoms with E-state index in [0.29, 0.717) is 0 Å². The van der Waals surface area contributed by atoms with Crippen LogP contribution in [-0.2, 0) is 4.74 Å². The van der Waals surface area contributed by atoms with Crippen LogP contribution in [-0.4, -0.2) is 26.3 Å². The third-order valence-electron chi connectivity index (χ3n) is 2.21. The third kappa shape index (κ3) is 6.08. The van der Waals surface area contributed by atoms with Crippen molar-refractivity contribution in [2.24, 2.45) is 5.92 Å². The summed E-state index contributed by atoms with van der Waals surface area (Å²) in [7, 11) is 0. The first-order valence-electron chi connectivity index (χ1n) is 4.83. The van der Waals surface area contributed by atoms with Crippen LogP contribution in [0.15, 0.2) is 12.7 Å². The van der Waals surface area contributed by atoms with Crippen LogP contribution in [0.4, 0.5) is 0 Å². The molecule has 1 unspecified atom stereocenters. The fourth-order valence-corrected chi connectivity index (χ4v) is 1.44. The standard InChI is InChI=1S/C10H19NO.ClH/c1-2-3-4-7-12-9-10-5-6-11-8-10;/h2,10-11H,1,3-9H2;1H. The van der Waals surface area contributed by atoms with E-state index in [1.54, 1.807) is 0 Å². The Balaban J connectivity index is 0.00000144. The zero-order valence-corrected chi connectivity index (χ0v) is 8.94. The number of rotatable bonds is 6. The van der Waals surface area contributed by atoms with E-state index in [0.717, 1.165) is 38.5 Å². The fourth-order valence-electron chi connectivity index (χ4n) is 1.44. The predicted molar refractivity (Wildman–Crippen MR) is 58.5 cm³/mol. The second-order valence-electron chi connectivity index (χ2n) is 3.36. The van der Waals surface area contributed by atoms with Crippen molar-refractivity contribution in [1.29, 1.82) is 0 Å². The average Bonchev–Trinajstić information content (AvgIpc) is 2.57. The van der Waals surface area contributed by atoms with Crippen LogP contribution in [0, 0.1) is 5.92 Å². The molecule has 1 saturated heterocycles. The predicted octanol–water partition coefficient (Wildman–Crippen LogP) is 2.00. The maximum absolute atomic E-state index is 5.53. The molecule has 1 heterocycles. The zero-order chi connectivity index (χ0) is 8.65. The van der Waals surface area contributed by atoms with Crippen LogP contribution in [0.2, 0.25) is 0 Å². The lowest BCUT2D eigenvalue weighted by atomic mass is 10.1. The lowest BCUT2D eigenvalue weighted by Crippen LogP contribution is -2.14. The van der Waals surface area contributed by atoms with Crippen LogP contribution in [0.3, 0.4) is 0 Å². The molecule has 1 atom stereocenters. The van der Waals surface area contributed by atoms with Gasteiger partial charge in [0.1, 0.15) is 0 Å². The molecule has 0 bridgehead atoms. The van der Waals surface area contributed by atoms with Crippen molar-refractivity contribution in [2.45, 2.75) is 19.3 Å². The number of halogens is 1. The number of allylic oxidation sites excluding steroid dienone is 1. The Kier molecular flexibility index (Phi) is 8.51. The van der Waals surface area contributed by atoms with Crippen molar-refractivity contribution in [3.63, 3.8) is 0 Å². The first-order valence-corrected chi connectivity index (χ1v) is 4.83. The van der Waals surface area contributed by atoms with Crippen molar-refractivity contribution in [1.82, 2.24) is 5.32 Å². The third-order valence-corrected chi connectivity index (χ3v) is 2.21. The van der Waals surface area contributed by atoms with Crippen molar-refractivity contribution in [3.05, 3.63) is 12.7 Å². The zero-order valence-electron chi connectivity index (χ0n) is 8.13. The van der Waals surface area contributed by atoms with Crippen LogP contribution in [0.1, 0.15) is 19.3 Å². The lowest BCUT2D eigenvalue weighted by Gasteiger charge is -2.08. The highest BCUT2D eigenvalue weighted by molar-refractivity contribution is 5.85. The SMILES string of the molecule is C=CCCCOCC1CCNC1.Cl.